The molecule has 1 aliphatic heterocycles. The first-order valence-electron chi connectivity index (χ1n) is 5.77. The van der Waals surface area contributed by atoms with E-state index in [-0.39, 0.29) is 12.0 Å². The zero-order valence-electron chi connectivity index (χ0n) is 10.5. The highest BCUT2D eigenvalue weighted by Gasteiger charge is 2.32. The van der Waals surface area contributed by atoms with Crippen molar-refractivity contribution in [1.82, 2.24) is 9.78 Å². The number of nitrogens with zero attached hydrogens (tertiary/aromatic N) is 2. The summed E-state index contributed by atoms with van der Waals surface area (Å²) in [6.45, 7) is 8.27. The van der Waals surface area contributed by atoms with E-state index in [4.69, 9.17) is 9.47 Å². The standard InChI is InChI=1S/C12H17N3O3/c1-4-11(16)13-10-5-6-15(14-10)7-9-8-17-12(2,3)18-9/h4-6,9H,1,7-8H2,2-3H3,(H,13,14,16)/t9-/m1/s1. The maximum Gasteiger partial charge on any atom is 0.248 e. The Bertz CT molecular complexity index is 453. The molecule has 18 heavy (non-hydrogen) atoms. The Kier molecular flexibility index (Phi) is 3.49. The summed E-state index contributed by atoms with van der Waals surface area (Å²) in [5.74, 6) is -0.308. The van der Waals surface area contributed by atoms with Crippen LogP contribution in [-0.2, 0) is 20.8 Å². The van der Waals surface area contributed by atoms with E-state index in [1.54, 1.807) is 16.9 Å². The Labute approximate surface area is 106 Å². The van der Waals surface area contributed by atoms with Crippen LogP contribution in [0.25, 0.3) is 0 Å². The van der Waals surface area contributed by atoms with Crippen LogP contribution in [-0.4, -0.2) is 34.2 Å². The van der Waals surface area contributed by atoms with Crippen molar-refractivity contribution in [3.8, 4) is 0 Å². The van der Waals surface area contributed by atoms with Crippen LogP contribution in [0.2, 0.25) is 0 Å². The third-order valence-electron chi connectivity index (χ3n) is 2.54. The lowest BCUT2D eigenvalue weighted by molar-refractivity contribution is -0.139. The van der Waals surface area contributed by atoms with Crippen molar-refractivity contribution in [3.63, 3.8) is 0 Å². The molecule has 0 aliphatic carbocycles. The molecule has 0 spiro atoms. The summed E-state index contributed by atoms with van der Waals surface area (Å²) < 4.78 is 12.9. The first-order chi connectivity index (χ1) is 8.48. The normalized spacial score (nSPS) is 21.8. The minimum atomic E-state index is -0.530. The van der Waals surface area contributed by atoms with E-state index in [2.05, 4.69) is 17.0 Å². The summed E-state index contributed by atoms with van der Waals surface area (Å²) in [5.41, 5.74) is 0. The van der Waals surface area contributed by atoms with Crippen molar-refractivity contribution in [1.29, 1.82) is 0 Å². The Balaban J connectivity index is 1.91. The molecule has 6 heteroatoms. The molecule has 1 aliphatic rings. The molecule has 0 saturated carbocycles. The quantitative estimate of drug-likeness (QED) is 0.815. The molecule has 1 saturated heterocycles. The van der Waals surface area contributed by atoms with Crippen molar-refractivity contribution in [2.24, 2.45) is 0 Å². The van der Waals surface area contributed by atoms with Gasteiger partial charge >= 0.3 is 0 Å². The molecule has 1 aromatic heterocycles. The molecule has 2 heterocycles. The lowest BCUT2D eigenvalue weighted by Gasteiger charge is -2.16. The van der Waals surface area contributed by atoms with Gasteiger partial charge in [-0.2, -0.15) is 5.10 Å². The average Bonchev–Trinajstić information content (AvgIpc) is 2.86. The molecule has 1 N–H and O–H groups in total. The molecule has 98 valence electrons. The smallest absolute Gasteiger partial charge is 0.248 e. The number of amides is 1. The number of carbonyl (C=O) groups excluding carboxylic acids is 1. The Morgan fingerprint density at radius 3 is 3.17 bits per heavy atom. The maximum atomic E-state index is 11.1. The van der Waals surface area contributed by atoms with Crippen LogP contribution in [0.5, 0.6) is 0 Å². The lowest BCUT2D eigenvalue weighted by Crippen LogP contribution is -2.24. The monoisotopic (exact) mass is 251 g/mol. The summed E-state index contributed by atoms with van der Waals surface area (Å²) in [4.78, 5) is 11.1. The van der Waals surface area contributed by atoms with E-state index in [0.29, 0.717) is 19.0 Å². The number of anilines is 1. The molecule has 0 aromatic carbocycles. The van der Waals surface area contributed by atoms with E-state index >= 15 is 0 Å². The second-order valence-electron chi connectivity index (χ2n) is 4.57. The van der Waals surface area contributed by atoms with E-state index in [9.17, 15) is 4.79 Å². The van der Waals surface area contributed by atoms with Gasteiger partial charge in [-0.1, -0.05) is 6.58 Å². The Hall–Kier alpha value is -1.66. The predicted molar refractivity (Wildman–Crippen MR) is 66.0 cm³/mol. The van der Waals surface area contributed by atoms with Crippen LogP contribution in [0.4, 0.5) is 5.82 Å². The molecular formula is C12H17N3O3. The fourth-order valence-corrected chi connectivity index (χ4v) is 1.77. The van der Waals surface area contributed by atoms with Gasteiger partial charge in [0.2, 0.25) is 5.91 Å². The molecule has 0 radical (unpaired) electrons. The van der Waals surface area contributed by atoms with Gasteiger partial charge in [-0.3, -0.25) is 9.48 Å². The third kappa shape index (κ3) is 3.18. The minimum Gasteiger partial charge on any atom is -0.348 e. The van der Waals surface area contributed by atoms with Crippen molar-refractivity contribution in [3.05, 3.63) is 24.9 Å². The molecule has 1 aromatic rings. The van der Waals surface area contributed by atoms with E-state index in [1.165, 1.54) is 6.08 Å². The maximum absolute atomic E-state index is 11.1. The summed E-state index contributed by atoms with van der Waals surface area (Å²) in [6, 6.07) is 1.72. The highest BCUT2D eigenvalue weighted by atomic mass is 16.7. The van der Waals surface area contributed by atoms with Crippen LogP contribution in [0.15, 0.2) is 24.9 Å². The number of carbonyl (C=O) groups is 1. The van der Waals surface area contributed by atoms with Gasteiger partial charge in [-0.25, -0.2) is 0 Å². The van der Waals surface area contributed by atoms with Crippen molar-refractivity contribution in [2.45, 2.75) is 32.3 Å². The zero-order valence-corrected chi connectivity index (χ0v) is 10.5. The number of hydrogen-bond donors (Lipinski definition) is 1. The van der Waals surface area contributed by atoms with Crippen LogP contribution in [0.3, 0.4) is 0 Å². The SMILES string of the molecule is C=CC(=O)Nc1ccn(C[C@@H]2COC(C)(C)O2)n1. The predicted octanol–water partition coefficient (Wildman–Crippen LogP) is 1.16. The number of aromatic nitrogens is 2. The van der Waals surface area contributed by atoms with Gasteiger partial charge in [0, 0.05) is 12.3 Å². The summed E-state index contributed by atoms with van der Waals surface area (Å²) in [6.07, 6.45) is 2.96. The van der Waals surface area contributed by atoms with Gasteiger partial charge in [0.15, 0.2) is 11.6 Å². The first-order valence-corrected chi connectivity index (χ1v) is 5.77. The molecule has 0 bridgehead atoms. The summed E-state index contributed by atoms with van der Waals surface area (Å²) in [5, 5.41) is 6.80. The van der Waals surface area contributed by atoms with Crippen LogP contribution in [0.1, 0.15) is 13.8 Å². The fourth-order valence-electron chi connectivity index (χ4n) is 1.77. The second-order valence-corrected chi connectivity index (χ2v) is 4.57. The molecule has 0 unspecified atom stereocenters. The van der Waals surface area contributed by atoms with E-state index in [0.717, 1.165) is 0 Å². The Morgan fingerprint density at radius 2 is 2.56 bits per heavy atom. The largest absolute Gasteiger partial charge is 0.348 e. The average molecular weight is 251 g/mol. The van der Waals surface area contributed by atoms with Gasteiger partial charge in [-0.05, 0) is 19.9 Å². The van der Waals surface area contributed by atoms with Gasteiger partial charge < -0.3 is 14.8 Å². The third-order valence-corrected chi connectivity index (χ3v) is 2.54. The number of ether oxygens (including phenoxy) is 2. The molecule has 1 fully saturated rings. The second kappa shape index (κ2) is 4.91. The van der Waals surface area contributed by atoms with Gasteiger partial charge in [0.1, 0.15) is 6.10 Å². The fraction of sp³-hybridized carbons (Fsp3) is 0.500. The minimum absolute atomic E-state index is 0.0251. The number of hydrogen-bond acceptors (Lipinski definition) is 4. The van der Waals surface area contributed by atoms with Crippen LogP contribution < -0.4 is 5.32 Å². The van der Waals surface area contributed by atoms with E-state index in [1.807, 2.05) is 13.8 Å². The highest BCUT2D eigenvalue weighted by Crippen LogP contribution is 2.23. The number of nitrogens with one attached hydrogen (secondary N) is 1. The Morgan fingerprint density at radius 1 is 1.78 bits per heavy atom. The van der Waals surface area contributed by atoms with Crippen LogP contribution in [0, 0.1) is 0 Å². The van der Waals surface area contributed by atoms with Gasteiger partial charge in [0.25, 0.3) is 0 Å². The van der Waals surface area contributed by atoms with E-state index < -0.39 is 5.79 Å². The summed E-state index contributed by atoms with van der Waals surface area (Å²) in [7, 11) is 0. The van der Waals surface area contributed by atoms with Crippen LogP contribution >= 0.6 is 0 Å². The molecule has 6 nitrogen and oxygen atoms in total. The molecule has 1 amide bonds. The molecule has 2 rings (SSSR count). The molecular weight excluding hydrogens is 234 g/mol. The van der Waals surface area contributed by atoms with Crippen molar-refractivity contribution in [2.75, 3.05) is 11.9 Å². The summed E-state index contributed by atoms with van der Waals surface area (Å²) >= 11 is 0. The number of rotatable bonds is 4. The molecule has 1 atom stereocenters. The highest BCUT2D eigenvalue weighted by molar-refractivity contribution is 5.98. The van der Waals surface area contributed by atoms with Crippen molar-refractivity contribution < 1.29 is 14.3 Å². The zero-order chi connectivity index (χ0) is 13.2. The van der Waals surface area contributed by atoms with Gasteiger partial charge in [-0.15, -0.1) is 0 Å². The van der Waals surface area contributed by atoms with Crippen molar-refractivity contribution >= 4 is 11.7 Å². The lowest BCUT2D eigenvalue weighted by atomic mass is 10.4. The topological polar surface area (TPSA) is 65.4 Å². The van der Waals surface area contributed by atoms with Gasteiger partial charge in [0.05, 0.1) is 13.2 Å². The first kappa shape index (κ1) is 12.8.